The van der Waals surface area contributed by atoms with E-state index in [1.807, 2.05) is 11.8 Å². The predicted octanol–water partition coefficient (Wildman–Crippen LogP) is 1.91. The monoisotopic (exact) mass is 323 g/mol. The SMILES string of the molecule is CCCCN(CC)C(=O)C1CN(C(=O)c2ccc([N+](=O)[O-])o2)C1. The second-order valence-corrected chi connectivity index (χ2v) is 5.57. The minimum absolute atomic E-state index is 0.0652. The molecule has 0 aliphatic carbocycles. The number of unbranched alkanes of at least 4 members (excludes halogenated alkanes) is 1. The van der Waals surface area contributed by atoms with Gasteiger partial charge in [0.25, 0.3) is 5.91 Å². The van der Waals surface area contributed by atoms with E-state index >= 15 is 0 Å². The smallest absolute Gasteiger partial charge is 0.395 e. The van der Waals surface area contributed by atoms with Crippen molar-refractivity contribution >= 4 is 17.7 Å². The molecule has 23 heavy (non-hydrogen) atoms. The number of nitro groups is 1. The van der Waals surface area contributed by atoms with Crippen molar-refractivity contribution in [1.29, 1.82) is 0 Å². The first-order valence-electron chi connectivity index (χ1n) is 7.80. The van der Waals surface area contributed by atoms with Crippen molar-refractivity contribution < 1.29 is 18.9 Å². The lowest BCUT2D eigenvalue weighted by Gasteiger charge is -2.40. The average molecular weight is 323 g/mol. The van der Waals surface area contributed by atoms with E-state index in [2.05, 4.69) is 6.92 Å². The second-order valence-electron chi connectivity index (χ2n) is 5.57. The molecule has 126 valence electrons. The third kappa shape index (κ3) is 3.69. The van der Waals surface area contributed by atoms with E-state index < -0.39 is 16.7 Å². The van der Waals surface area contributed by atoms with Gasteiger partial charge < -0.3 is 14.2 Å². The second kappa shape index (κ2) is 7.26. The maximum Gasteiger partial charge on any atom is 0.433 e. The zero-order valence-corrected chi connectivity index (χ0v) is 13.4. The van der Waals surface area contributed by atoms with E-state index in [9.17, 15) is 19.7 Å². The first-order valence-corrected chi connectivity index (χ1v) is 7.80. The van der Waals surface area contributed by atoms with Gasteiger partial charge in [0.15, 0.2) is 5.76 Å². The van der Waals surface area contributed by atoms with Crippen LogP contribution in [-0.2, 0) is 4.79 Å². The van der Waals surface area contributed by atoms with E-state index in [1.54, 1.807) is 0 Å². The van der Waals surface area contributed by atoms with Crippen molar-refractivity contribution in [2.45, 2.75) is 26.7 Å². The lowest BCUT2D eigenvalue weighted by Crippen LogP contribution is -2.56. The lowest BCUT2D eigenvalue weighted by atomic mass is 9.97. The molecule has 1 fully saturated rings. The van der Waals surface area contributed by atoms with Crippen LogP contribution >= 0.6 is 0 Å². The highest BCUT2D eigenvalue weighted by molar-refractivity contribution is 5.94. The summed E-state index contributed by atoms with van der Waals surface area (Å²) in [5.41, 5.74) is 0. The van der Waals surface area contributed by atoms with E-state index in [0.29, 0.717) is 19.6 Å². The molecule has 0 radical (unpaired) electrons. The van der Waals surface area contributed by atoms with Crippen molar-refractivity contribution in [3.8, 4) is 0 Å². The Morgan fingerprint density at radius 2 is 2.09 bits per heavy atom. The first-order chi connectivity index (χ1) is 11.0. The fraction of sp³-hybridized carbons (Fsp3) is 0.600. The number of carbonyl (C=O) groups excluding carboxylic acids is 2. The molecular weight excluding hydrogens is 302 g/mol. The van der Waals surface area contributed by atoms with Gasteiger partial charge in [0.1, 0.15) is 4.92 Å². The summed E-state index contributed by atoms with van der Waals surface area (Å²) in [5.74, 6) is -1.07. The summed E-state index contributed by atoms with van der Waals surface area (Å²) in [5, 5.41) is 10.6. The Hall–Kier alpha value is -2.38. The number of nitrogens with zero attached hydrogens (tertiary/aromatic N) is 3. The molecule has 0 unspecified atom stereocenters. The fourth-order valence-electron chi connectivity index (χ4n) is 2.53. The molecule has 0 spiro atoms. The van der Waals surface area contributed by atoms with Crippen molar-refractivity contribution in [3.05, 3.63) is 28.0 Å². The number of likely N-dealkylation sites (tertiary alicyclic amines) is 1. The van der Waals surface area contributed by atoms with Gasteiger partial charge >= 0.3 is 5.88 Å². The third-order valence-electron chi connectivity index (χ3n) is 3.98. The standard InChI is InChI=1S/C15H21N3O5/c1-3-5-8-16(4-2)14(19)11-9-17(10-11)15(20)12-6-7-13(23-12)18(21)22/h6-7,11H,3-5,8-10H2,1-2H3. The molecule has 2 rings (SSSR count). The Labute approximate surface area is 134 Å². The fourth-order valence-corrected chi connectivity index (χ4v) is 2.53. The first kappa shape index (κ1) is 17.0. The third-order valence-corrected chi connectivity index (χ3v) is 3.98. The minimum atomic E-state index is -0.688. The van der Waals surface area contributed by atoms with E-state index in [1.165, 1.54) is 11.0 Å². The van der Waals surface area contributed by atoms with Gasteiger partial charge in [0.2, 0.25) is 5.91 Å². The zero-order chi connectivity index (χ0) is 17.0. The molecule has 1 aliphatic heterocycles. The summed E-state index contributed by atoms with van der Waals surface area (Å²) >= 11 is 0. The summed E-state index contributed by atoms with van der Waals surface area (Å²) in [4.78, 5) is 37.6. The molecule has 0 bridgehead atoms. The number of hydrogen-bond donors (Lipinski definition) is 0. The maximum absolute atomic E-state index is 12.3. The van der Waals surface area contributed by atoms with Crippen LogP contribution < -0.4 is 0 Å². The van der Waals surface area contributed by atoms with Gasteiger partial charge in [-0.25, -0.2) is 0 Å². The van der Waals surface area contributed by atoms with Crippen LogP contribution in [-0.4, -0.2) is 52.7 Å². The van der Waals surface area contributed by atoms with Crippen LogP contribution in [0, 0.1) is 16.0 Å². The maximum atomic E-state index is 12.3. The van der Waals surface area contributed by atoms with Crippen LogP contribution in [0.2, 0.25) is 0 Å². The summed E-state index contributed by atoms with van der Waals surface area (Å²) in [7, 11) is 0. The molecule has 1 aromatic heterocycles. The summed E-state index contributed by atoms with van der Waals surface area (Å²) < 4.78 is 4.90. The van der Waals surface area contributed by atoms with Gasteiger partial charge in [-0.1, -0.05) is 13.3 Å². The van der Waals surface area contributed by atoms with Crippen LogP contribution in [0.1, 0.15) is 37.2 Å². The Morgan fingerprint density at radius 1 is 1.39 bits per heavy atom. The topological polar surface area (TPSA) is 96.9 Å². The van der Waals surface area contributed by atoms with Gasteiger partial charge in [-0.2, -0.15) is 0 Å². The summed E-state index contributed by atoms with van der Waals surface area (Å²) in [6.45, 7) is 6.07. The molecule has 0 saturated carbocycles. The Balaban J connectivity index is 1.88. The summed E-state index contributed by atoms with van der Waals surface area (Å²) in [6, 6.07) is 2.44. The molecular formula is C15H21N3O5. The van der Waals surface area contributed by atoms with Crippen LogP contribution in [0.3, 0.4) is 0 Å². The molecule has 8 nitrogen and oxygen atoms in total. The van der Waals surface area contributed by atoms with Crippen LogP contribution in [0.4, 0.5) is 5.88 Å². The molecule has 2 amide bonds. The molecule has 1 aromatic rings. The van der Waals surface area contributed by atoms with Crippen molar-refractivity contribution in [2.75, 3.05) is 26.2 Å². The molecule has 1 saturated heterocycles. The molecule has 0 N–H and O–H groups in total. The number of amides is 2. The van der Waals surface area contributed by atoms with Crippen LogP contribution in [0.15, 0.2) is 16.5 Å². The average Bonchev–Trinajstić information content (AvgIpc) is 2.96. The van der Waals surface area contributed by atoms with Gasteiger partial charge in [-0.3, -0.25) is 19.7 Å². The zero-order valence-electron chi connectivity index (χ0n) is 13.4. The molecule has 1 aliphatic rings. The van der Waals surface area contributed by atoms with Gasteiger partial charge in [-0.05, 0) is 19.4 Å². The Bertz CT molecular complexity index is 592. The predicted molar refractivity (Wildman–Crippen MR) is 81.9 cm³/mol. The van der Waals surface area contributed by atoms with E-state index in [4.69, 9.17) is 4.42 Å². The number of hydrogen-bond acceptors (Lipinski definition) is 5. The largest absolute Gasteiger partial charge is 0.433 e. The Kier molecular flexibility index (Phi) is 5.36. The van der Waals surface area contributed by atoms with Gasteiger partial charge in [-0.15, -0.1) is 0 Å². The molecule has 0 aromatic carbocycles. The minimum Gasteiger partial charge on any atom is -0.395 e. The van der Waals surface area contributed by atoms with Gasteiger partial charge in [0.05, 0.1) is 12.0 Å². The Morgan fingerprint density at radius 3 is 2.61 bits per heavy atom. The van der Waals surface area contributed by atoms with Crippen molar-refractivity contribution in [2.24, 2.45) is 5.92 Å². The van der Waals surface area contributed by atoms with Crippen LogP contribution in [0.5, 0.6) is 0 Å². The number of rotatable bonds is 7. The highest BCUT2D eigenvalue weighted by Crippen LogP contribution is 2.23. The normalized spacial score (nSPS) is 14.4. The van der Waals surface area contributed by atoms with E-state index in [-0.39, 0.29) is 17.6 Å². The molecule has 2 heterocycles. The molecule has 8 heteroatoms. The number of carbonyl (C=O) groups is 2. The lowest BCUT2D eigenvalue weighted by molar-refractivity contribution is -0.402. The van der Waals surface area contributed by atoms with Crippen LogP contribution in [0.25, 0.3) is 0 Å². The summed E-state index contributed by atoms with van der Waals surface area (Å²) in [6.07, 6.45) is 1.99. The highest BCUT2D eigenvalue weighted by Gasteiger charge is 2.39. The highest BCUT2D eigenvalue weighted by atomic mass is 16.6. The van der Waals surface area contributed by atoms with Crippen molar-refractivity contribution in [3.63, 3.8) is 0 Å². The van der Waals surface area contributed by atoms with E-state index in [0.717, 1.165) is 25.5 Å². The molecule has 0 atom stereocenters. The number of furan rings is 1. The quantitative estimate of drug-likeness (QED) is 0.564. The van der Waals surface area contributed by atoms with Gasteiger partial charge in [0, 0.05) is 26.2 Å². The van der Waals surface area contributed by atoms with Crippen molar-refractivity contribution in [1.82, 2.24) is 9.80 Å².